The molecule has 3 nitrogen and oxygen atoms in total. The van der Waals surface area contributed by atoms with Gasteiger partial charge in [-0.1, -0.05) is 0 Å². The summed E-state index contributed by atoms with van der Waals surface area (Å²) in [4.78, 5) is 10.7. The summed E-state index contributed by atoms with van der Waals surface area (Å²) in [6.45, 7) is 0.481. The number of hydrogen-bond acceptors (Lipinski definition) is 3. The number of hydrogen-bond donors (Lipinski definition) is 1. The van der Waals surface area contributed by atoms with Crippen LogP contribution in [-0.2, 0) is 6.61 Å². The number of halogens is 1. The van der Waals surface area contributed by atoms with E-state index in [1.54, 1.807) is 17.4 Å². The van der Waals surface area contributed by atoms with Crippen LogP contribution in [0.2, 0.25) is 0 Å². The number of carboxylic acid groups (broad SMARTS) is 1. The molecule has 0 aliphatic rings. The van der Waals surface area contributed by atoms with Crippen LogP contribution in [0, 0.1) is 0 Å². The van der Waals surface area contributed by atoms with Crippen LogP contribution < -0.4 is 4.74 Å². The molecule has 0 saturated carbocycles. The third-order valence-electron chi connectivity index (χ3n) is 2.15. The van der Waals surface area contributed by atoms with E-state index in [4.69, 9.17) is 9.84 Å². The molecule has 1 aromatic carbocycles. The Morgan fingerprint density at radius 2 is 2.24 bits per heavy atom. The lowest BCUT2D eigenvalue weighted by atomic mass is 10.2. The van der Waals surface area contributed by atoms with Crippen LogP contribution in [-0.4, -0.2) is 11.1 Å². The number of rotatable bonds is 4. The fourth-order valence-electron chi connectivity index (χ4n) is 1.29. The third-order valence-corrected chi connectivity index (χ3v) is 3.51. The molecular weight excluding hydrogens is 304 g/mol. The van der Waals surface area contributed by atoms with Gasteiger partial charge in [-0.2, -0.15) is 11.3 Å². The zero-order valence-corrected chi connectivity index (χ0v) is 11.1. The monoisotopic (exact) mass is 312 g/mol. The molecule has 17 heavy (non-hydrogen) atoms. The van der Waals surface area contributed by atoms with E-state index in [2.05, 4.69) is 15.9 Å². The summed E-state index contributed by atoms with van der Waals surface area (Å²) >= 11 is 4.91. The van der Waals surface area contributed by atoms with Gasteiger partial charge in [0.1, 0.15) is 12.4 Å². The fraction of sp³-hybridized carbons (Fsp3) is 0.0833. The van der Waals surface area contributed by atoms with Gasteiger partial charge < -0.3 is 9.84 Å². The predicted molar refractivity (Wildman–Crippen MR) is 69.8 cm³/mol. The number of ether oxygens (including phenoxy) is 1. The molecular formula is C12H9BrO3S. The van der Waals surface area contributed by atoms with Gasteiger partial charge in [0.15, 0.2) is 0 Å². The van der Waals surface area contributed by atoms with Gasteiger partial charge in [0, 0.05) is 0 Å². The molecule has 0 spiro atoms. The van der Waals surface area contributed by atoms with E-state index in [0.717, 1.165) is 5.56 Å². The molecule has 0 radical (unpaired) electrons. The molecule has 1 N–H and O–H groups in total. The fourth-order valence-corrected chi connectivity index (χ4v) is 2.43. The molecule has 0 bridgehead atoms. The van der Waals surface area contributed by atoms with Crippen molar-refractivity contribution in [3.63, 3.8) is 0 Å². The quantitative estimate of drug-likeness (QED) is 0.934. The van der Waals surface area contributed by atoms with Crippen molar-refractivity contribution in [1.29, 1.82) is 0 Å². The van der Waals surface area contributed by atoms with Crippen LogP contribution in [0.4, 0.5) is 0 Å². The molecule has 0 aliphatic carbocycles. The zero-order chi connectivity index (χ0) is 12.3. The Bertz CT molecular complexity index is 523. The summed E-state index contributed by atoms with van der Waals surface area (Å²) in [6.07, 6.45) is 0. The highest BCUT2D eigenvalue weighted by molar-refractivity contribution is 9.10. The van der Waals surface area contributed by atoms with Crippen molar-refractivity contribution < 1.29 is 14.6 Å². The Labute approximate surface area is 111 Å². The molecule has 2 aromatic rings. The molecule has 1 heterocycles. The number of aromatic carboxylic acids is 1. The maximum atomic E-state index is 10.7. The average molecular weight is 313 g/mol. The molecule has 1 aromatic heterocycles. The van der Waals surface area contributed by atoms with E-state index in [0.29, 0.717) is 16.8 Å². The number of benzene rings is 1. The molecule has 5 heteroatoms. The minimum absolute atomic E-state index is 0.236. The highest BCUT2D eigenvalue weighted by atomic mass is 79.9. The van der Waals surface area contributed by atoms with Gasteiger partial charge in [0.05, 0.1) is 10.0 Å². The zero-order valence-electron chi connectivity index (χ0n) is 8.72. The summed E-state index contributed by atoms with van der Waals surface area (Å²) in [5, 5.41) is 12.8. The van der Waals surface area contributed by atoms with Crippen LogP contribution in [0.15, 0.2) is 39.5 Å². The van der Waals surface area contributed by atoms with E-state index in [-0.39, 0.29) is 5.56 Å². The van der Waals surface area contributed by atoms with Crippen molar-refractivity contribution >= 4 is 33.2 Å². The first-order valence-corrected chi connectivity index (χ1v) is 6.57. The predicted octanol–water partition coefficient (Wildman–Crippen LogP) is 3.79. The van der Waals surface area contributed by atoms with Crippen LogP contribution >= 0.6 is 27.3 Å². The van der Waals surface area contributed by atoms with E-state index in [9.17, 15) is 4.79 Å². The standard InChI is InChI=1S/C12H9BrO3S/c13-10-5-9(12(14)15)1-2-11(10)16-6-8-3-4-17-7-8/h1-5,7H,6H2,(H,14,15). The maximum Gasteiger partial charge on any atom is 0.335 e. The second kappa shape index (κ2) is 5.33. The Morgan fingerprint density at radius 3 is 2.82 bits per heavy atom. The normalized spacial score (nSPS) is 10.2. The van der Waals surface area contributed by atoms with E-state index >= 15 is 0 Å². The molecule has 0 saturated heterocycles. The van der Waals surface area contributed by atoms with Gasteiger partial charge in [0.25, 0.3) is 0 Å². The van der Waals surface area contributed by atoms with Crippen LogP contribution in [0.1, 0.15) is 15.9 Å². The molecule has 0 aliphatic heterocycles. The second-order valence-electron chi connectivity index (χ2n) is 3.37. The molecule has 0 amide bonds. The van der Waals surface area contributed by atoms with Crippen molar-refractivity contribution in [1.82, 2.24) is 0 Å². The number of thiophene rings is 1. The van der Waals surface area contributed by atoms with Gasteiger partial charge in [-0.25, -0.2) is 4.79 Å². The lowest BCUT2D eigenvalue weighted by Crippen LogP contribution is -1.98. The molecule has 0 atom stereocenters. The van der Waals surface area contributed by atoms with Gasteiger partial charge in [0.2, 0.25) is 0 Å². The average Bonchev–Trinajstić information content (AvgIpc) is 2.80. The first-order valence-electron chi connectivity index (χ1n) is 4.83. The Kier molecular flexibility index (Phi) is 3.81. The summed E-state index contributed by atoms with van der Waals surface area (Å²) in [7, 11) is 0. The number of carboxylic acids is 1. The largest absolute Gasteiger partial charge is 0.488 e. The van der Waals surface area contributed by atoms with E-state index in [1.165, 1.54) is 12.1 Å². The molecule has 88 valence electrons. The van der Waals surface area contributed by atoms with Gasteiger partial charge >= 0.3 is 5.97 Å². The van der Waals surface area contributed by atoms with Crippen molar-refractivity contribution in [3.8, 4) is 5.75 Å². The summed E-state index contributed by atoms with van der Waals surface area (Å²) in [5.41, 5.74) is 1.34. The van der Waals surface area contributed by atoms with Crippen LogP contribution in [0.5, 0.6) is 5.75 Å². The Balaban J connectivity index is 2.09. The first kappa shape index (κ1) is 12.1. The van der Waals surface area contributed by atoms with Gasteiger partial charge in [-0.3, -0.25) is 0 Å². The second-order valence-corrected chi connectivity index (χ2v) is 5.00. The van der Waals surface area contributed by atoms with E-state index in [1.807, 2.05) is 16.8 Å². The van der Waals surface area contributed by atoms with Crippen molar-refractivity contribution in [2.45, 2.75) is 6.61 Å². The topological polar surface area (TPSA) is 46.5 Å². The molecule has 2 rings (SSSR count). The molecule has 0 fully saturated rings. The van der Waals surface area contributed by atoms with Crippen molar-refractivity contribution in [3.05, 3.63) is 50.6 Å². The molecule has 0 unspecified atom stereocenters. The van der Waals surface area contributed by atoms with Crippen molar-refractivity contribution in [2.75, 3.05) is 0 Å². The van der Waals surface area contributed by atoms with Gasteiger partial charge in [-0.05, 0) is 56.5 Å². The Morgan fingerprint density at radius 1 is 1.41 bits per heavy atom. The summed E-state index contributed by atoms with van der Waals surface area (Å²) in [6, 6.07) is 6.70. The maximum absolute atomic E-state index is 10.7. The minimum atomic E-state index is -0.949. The van der Waals surface area contributed by atoms with Crippen molar-refractivity contribution in [2.24, 2.45) is 0 Å². The van der Waals surface area contributed by atoms with E-state index < -0.39 is 5.97 Å². The Hall–Kier alpha value is -1.33. The van der Waals surface area contributed by atoms with Crippen LogP contribution in [0.3, 0.4) is 0 Å². The lowest BCUT2D eigenvalue weighted by molar-refractivity contribution is 0.0696. The third kappa shape index (κ3) is 3.08. The lowest BCUT2D eigenvalue weighted by Gasteiger charge is -2.07. The first-order chi connectivity index (χ1) is 8.16. The summed E-state index contributed by atoms with van der Waals surface area (Å²) < 4.78 is 6.23. The summed E-state index contributed by atoms with van der Waals surface area (Å²) in [5.74, 6) is -0.309. The smallest absolute Gasteiger partial charge is 0.335 e. The van der Waals surface area contributed by atoms with Gasteiger partial charge in [-0.15, -0.1) is 0 Å². The highest BCUT2D eigenvalue weighted by Gasteiger charge is 2.07. The number of carbonyl (C=O) groups is 1. The van der Waals surface area contributed by atoms with Crippen LogP contribution in [0.25, 0.3) is 0 Å². The highest BCUT2D eigenvalue weighted by Crippen LogP contribution is 2.27. The minimum Gasteiger partial charge on any atom is -0.488 e. The SMILES string of the molecule is O=C(O)c1ccc(OCc2ccsc2)c(Br)c1.